The third kappa shape index (κ3) is 5.00. The molecular formula is C23H21ClN2O5S2. The number of halogens is 1. The molecule has 3 aromatic carbocycles. The monoisotopic (exact) mass is 504 g/mol. The minimum Gasteiger partial charge on any atom is -0.497 e. The van der Waals surface area contributed by atoms with Gasteiger partial charge in [0.2, 0.25) is 0 Å². The van der Waals surface area contributed by atoms with E-state index in [9.17, 15) is 13.2 Å². The average molecular weight is 505 g/mol. The number of fused-ring (bicyclic) bond motifs is 1. The van der Waals surface area contributed by atoms with Gasteiger partial charge in [0.05, 0.1) is 27.9 Å². The van der Waals surface area contributed by atoms with Gasteiger partial charge in [0.25, 0.3) is 10.0 Å². The minimum atomic E-state index is -3.98. The maximum absolute atomic E-state index is 13.2. The predicted molar refractivity (Wildman–Crippen MR) is 132 cm³/mol. The molecule has 4 rings (SSSR count). The summed E-state index contributed by atoms with van der Waals surface area (Å²) in [6.45, 7) is 2.56. The number of sulfonamides is 1. The highest BCUT2D eigenvalue weighted by Gasteiger charge is 2.19. The topological polar surface area (TPSA) is 86.6 Å². The summed E-state index contributed by atoms with van der Waals surface area (Å²) < 4.78 is 42.3. The molecule has 4 aromatic rings. The first-order valence-corrected chi connectivity index (χ1v) is 12.8. The zero-order valence-corrected chi connectivity index (χ0v) is 20.3. The van der Waals surface area contributed by atoms with E-state index in [1.54, 1.807) is 54.1 Å². The van der Waals surface area contributed by atoms with Crippen molar-refractivity contribution in [2.45, 2.75) is 24.8 Å². The molecule has 0 saturated heterocycles. The highest BCUT2D eigenvalue weighted by atomic mass is 35.5. The molecule has 172 valence electrons. The lowest BCUT2D eigenvalue weighted by atomic mass is 10.3. The van der Waals surface area contributed by atoms with E-state index in [2.05, 4.69) is 4.72 Å². The maximum atomic E-state index is 13.2. The van der Waals surface area contributed by atoms with Crippen molar-refractivity contribution in [3.8, 4) is 17.2 Å². The molecule has 0 radical (unpaired) electrons. The molecule has 1 N–H and O–H groups in total. The molecule has 1 heterocycles. The minimum absolute atomic E-state index is 0.0344. The molecule has 0 spiro atoms. The quantitative estimate of drug-likeness (QED) is 0.331. The lowest BCUT2D eigenvalue weighted by Crippen LogP contribution is -2.14. The van der Waals surface area contributed by atoms with Crippen LogP contribution in [0.15, 0.2) is 70.4 Å². The number of nitrogens with one attached hydrogen (secondary N) is 1. The molecule has 0 aliphatic heterocycles. The van der Waals surface area contributed by atoms with Crippen LogP contribution in [-0.4, -0.2) is 20.1 Å². The number of nitrogens with zero attached hydrogens (tertiary/aromatic N) is 1. The van der Waals surface area contributed by atoms with Crippen molar-refractivity contribution in [2.24, 2.45) is 0 Å². The number of benzene rings is 3. The molecule has 10 heteroatoms. The van der Waals surface area contributed by atoms with Gasteiger partial charge >= 0.3 is 4.87 Å². The Labute approximate surface area is 200 Å². The molecule has 0 unspecified atom stereocenters. The number of aromatic nitrogens is 1. The molecule has 0 aliphatic rings. The summed E-state index contributed by atoms with van der Waals surface area (Å²) in [6, 6.07) is 16.3. The van der Waals surface area contributed by atoms with Crippen molar-refractivity contribution in [1.82, 2.24) is 4.57 Å². The summed E-state index contributed by atoms with van der Waals surface area (Å²) in [5.74, 6) is 1.35. The molecule has 1 aromatic heterocycles. The summed E-state index contributed by atoms with van der Waals surface area (Å²) in [7, 11) is -2.44. The molecule has 33 heavy (non-hydrogen) atoms. The molecule has 0 bridgehead atoms. The zero-order chi connectivity index (χ0) is 23.6. The Bertz CT molecular complexity index is 1480. The smallest absolute Gasteiger partial charge is 0.308 e. The Morgan fingerprint density at radius 2 is 1.85 bits per heavy atom. The van der Waals surface area contributed by atoms with Gasteiger partial charge in [-0.3, -0.25) is 14.1 Å². The molecule has 0 aliphatic carbocycles. The van der Waals surface area contributed by atoms with Gasteiger partial charge < -0.3 is 9.47 Å². The van der Waals surface area contributed by atoms with E-state index in [0.29, 0.717) is 27.8 Å². The van der Waals surface area contributed by atoms with Gasteiger partial charge in [-0.05, 0) is 55.0 Å². The van der Waals surface area contributed by atoms with Crippen molar-refractivity contribution < 1.29 is 17.9 Å². The molecule has 0 amide bonds. The van der Waals surface area contributed by atoms with Crippen molar-refractivity contribution in [1.29, 1.82) is 0 Å². The van der Waals surface area contributed by atoms with Gasteiger partial charge in [-0.2, -0.15) is 0 Å². The van der Waals surface area contributed by atoms with Crippen LogP contribution in [0.4, 0.5) is 5.69 Å². The Balaban J connectivity index is 1.68. The van der Waals surface area contributed by atoms with Crippen LogP contribution in [0.25, 0.3) is 10.2 Å². The van der Waals surface area contributed by atoms with E-state index in [0.717, 1.165) is 23.3 Å². The Kier molecular flexibility index (Phi) is 6.64. The Morgan fingerprint density at radius 1 is 1.06 bits per heavy atom. The summed E-state index contributed by atoms with van der Waals surface area (Å²) in [6.07, 6.45) is 0.804. The number of hydrogen-bond donors (Lipinski definition) is 1. The highest BCUT2D eigenvalue weighted by Crippen LogP contribution is 2.35. The summed E-state index contributed by atoms with van der Waals surface area (Å²) in [5, 5.41) is 0.344. The van der Waals surface area contributed by atoms with Crippen LogP contribution >= 0.6 is 22.9 Å². The first kappa shape index (κ1) is 23.2. The number of rotatable bonds is 8. The van der Waals surface area contributed by atoms with Gasteiger partial charge in [-0.25, -0.2) is 8.42 Å². The van der Waals surface area contributed by atoms with Gasteiger partial charge in [0, 0.05) is 17.6 Å². The van der Waals surface area contributed by atoms with E-state index in [4.69, 9.17) is 21.1 Å². The van der Waals surface area contributed by atoms with E-state index in [-0.39, 0.29) is 21.2 Å². The molecule has 0 atom stereocenters. The first-order valence-electron chi connectivity index (χ1n) is 10.1. The van der Waals surface area contributed by atoms with Gasteiger partial charge in [-0.15, -0.1) is 0 Å². The van der Waals surface area contributed by atoms with Gasteiger partial charge in [-0.1, -0.05) is 35.9 Å². The molecule has 0 saturated carbocycles. The van der Waals surface area contributed by atoms with E-state index in [1.807, 2.05) is 6.92 Å². The Hall–Kier alpha value is -3.01. The third-order valence-corrected chi connectivity index (χ3v) is 7.39. The highest BCUT2D eigenvalue weighted by molar-refractivity contribution is 7.92. The fourth-order valence-electron chi connectivity index (χ4n) is 3.32. The molecule has 0 fully saturated rings. The van der Waals surface area contributed by atoms with Crippen LogP contribution in [0, 0.1) is 0 Å². The van der Waals surface area contributed by atoms with E-state index < -0.39 is 10.0 Å². The zero-order valence-electron chi connectivity index (χ0n) is 17.9. The number of thiazole rings is 1. The van der Waals surface area contributed by atoms with Crippen LogP contribution in [-0.2, 0) is 16.6 Å². The lowest BCUT2D eigenvalue weighted by Gasteiger charge is -2.14. The second-order valence-electron chi connectivity index (χ2n) is 7.18. The van der Waals surface area contributed by atoms with Crippen molar-refractivity contribution in [2.75, 3.05) is 11.8 Å². The van der Waals surface area contributed by atoms with E-state index >= 15 is 0 Å². The number of hydrogen-bond acceptors (Lipinski definition) is 6. The van der Waals surface area contributed by atoms with Crippen LogP contribution in [0.1, 0.15) is 13.3 Å². The van der Waals surface area contributed by atoms with Gasteiger partial charge in [0.1, 0.15) is 11.5 Å². The average Bonchev–Trinajstić information content (AvgIpc) is 3.10. The molecular weight excluding hydrogens is 484 g/mol. The fraction of sp³-hybridized carbons (Fsp3) is 0.174. The number of anilines is 1. The number of aryl methyl sites for hydroxylation is 1. The summed E-state index contributed by atoms with van der Waals surface area (Å²) in [4.78, 5) is 12.2. The standard InChI is InChI=1S/C23H21ClN2O5S2/c1-3-11-26-20-9-8-18(14-22(20)32-23(26)27)33(28,29)25-19-12-15(24)7-10-21(19)31-17-6-4-5-16(13-17)30-2/h4-10,12-14,25H,3,11H2,1-2H3. The largest absolute Gasteiger partial charge is 0.497 e. The Morgan fingerprint density at radius 3 is 2.61 bits per heavy atom. The first-order chi connectivity index (χ1) is 15.8. The second-order valence-corrected chi connectivity index (χ2v) is 10.3. The predicted octanol–water partition coefficient (Wildman–Crippen LogP) is 5.73. The number of methoxy groups -OCH3 is 1. The van der Waals surface area contributed by atoms with Crippen LogP contribution in [0.3, 0.4) is 0 Å². The summed E-state index contributed by atoms with van der Waals surface area (Å²) >= 11 is 7.15. The third-order valence-electron chi connectivity index (χ3n) is 4.85. The fourth-order valence-corrected chi connectivity index (χ4v) is 5.61. The lowest BCUT2D eigenvalue weighted by molar-refractivity contribution is 0.409. The normalized spacial score (nSPS) is 11.5. The second kappa shape index (κ2) is 9.46. The SMILES string of the molecule is CCCn1c(=O)sc2cc(S(=O)(=O)Nc3cc(Cl)ccc3Oc3cccc(OC)c3)ccc21. The van der Waals surface area contributed by atoms with Gasteiger partial charge in [0.15, 0.2) is 5.75 Å². The van der Waals surface area contributed by atoms with Crippen molar-refractivity contribution >= 4 is 48.9 Å². The van der Waals surface area contributed by atoms with Crippen molar-refractivity contribution in [3.05, 3.63) is 75.4 Å². The number of ether oxygens (including phenoxy) is 2. The summed E-state index contributed by atoms with van der Waals surface area (Å²) in [5.41, 5.74) is 0.901. The van der Waals surface area contributed by atoms with Crippen LogP contribution in [0.2, 0.25) is 5.02 Å². The molecule has 7 nitrogen and oxygen atoms in total. The maximum Gasteiger partial charge on any atom is 0.308 e. The van der Waals surface area contributed by atoms with Crippen LogP contribution < -0.4 is 19.1 Å². The van der Waals surface area contributed by atoms with Crippen LogP contribution in [0.5, 0.6) is 17.2 Å². The van der Waals surface area contributed by atoms with Crippen molar-refractivity contribution in [3.63, 3.8) is 0 Å². The van der Waals surface area contributed by atoms with E-state index in [1.165, 1.54) is 18.2 Å².